The molecule has 0 radical (unpaired) electrons. The third-order valence-corrected chi connectivity index (χ3v) is 3.52. The zero-order valence-corrected chi connectivity index (χ0v) is 12.2. The summed E-state index contributed by atoms with van der Waals surface area (Å²) in [5.41, 5.74) is 1.08. The molecule has 0 aliphatic rings. The molecule has 0 saturated heterocycles. The minimum Gasteiger partial charge on any atom is -0.309 e. The molecule has 0 aliphatic heterocycles. The van der Waals surface area contributed by atoms with E-state index >= 15 is 0 Å². The molecule has 1 rings (SSSR count). The maximum Gasteiger partial charge on any atom is 0.124 e. The first-order valence-electron chi connectivity index (χ1n) is 5.88. The molecular weight excluding hydrogens is 283 g/mol. The van der Waals surface area contributed by atoms with Crippen molar-refractivity contribution in [3.63, 3.8) is 0 Å². The van der Waals surface area contributed by atoms with Gasteiger partial charge in [0, 0.05) is 23.6 Å². The van der Waals surface area contributed by atoms with Crippen LogP contribution >= 0.6 is 15.9 Å². The van der Waals surface area contributed by atoms with Gasteiger partial charge >= 0.3 is 0 Å². The summed E-state index contributed by atoms with van der Waals surface area (Å²) in [5.74, 6) is -0.209. The van der Waals surface area contributed by atoms with E-state index in [0.29, 0.717) is 6.04 Å². The molecule has 1 unspecified atom stereocenters. The molecule has 2 nitrogen and oxygen atoms in total. The van der Waals surface area contributed by atoms with Gasteiger partial charge in [-0.1, -0.05) is 28.9 Å². The second kappa shape index (κ2) is 7.09. The van der Waals surface area contributed by atoms with Gasteiger partial charge in [0.25, 0.3) is 0 Å². The Morgan fingerprint density at radius 2 is 2.18 bits per heavy atom. The molecule has 1 N–H and O–H groups in total. The molecular formula is C13H20BrFN2. The van der Waals surface area contributed by atoms with Crippen molar-refractivity contribution in [3.8, 4) is 0 Å². The number of hydrogen-bond acceptors (Lipinski definition) is 2. The van der Waals surface area contributed by atoms with E-state index in [9.17, 15) is 4.39 Å². The first-order chi connectivity index (χ1) is 8.02. The first kappa shape index (κ1) is 14.6. The van der Waals surface area contributed by atoms with E-state index in [4.69, 9.17) is 0 Å². The Hall–Kier alpha value is -0.450. The van der Waals surface area contributed by atoms with Gasteiger partial charge in [0.15, 0.2) is 0 Å². The van der Waals surface area contributed by atoms with Crippen LogP contribution in [-0.4, -0.2) is 31.1 Å². The van der Waals surface area contributed by atoms with Gasteiger partial charge in [-0.05, 0) is 38.2 Å². The van der Waals surface area contributed by atoms with Crippen molar-refractivity contribution in [2.75, 3.05) is 20.1 Å². The monoisotopic (exact) mass is 302 g/mol. The fraction of sp³-hybridized carbons (Fsp3) is 0.538. The number of nitrogens with zero attached hydrogens (tertiary/aromatic N) is 1. The summed E-state index contributed by atoms with van der Waals surface area (Å²) in [6.07, 6.45) is 0. The highest BCUT2D eigenvalue weighted by Crippen LogP contribution is 2.17. The molecule has 0 amide bonds. The van der Waals surface area contributed by atoms with Crippen molar-refractivity contribution in [1.82, 2.24) is 10.2 Å². The number of hydrogen-bond donors (Lipinski definition) is 1. The lowest BCUT2D eigenvalue weighted by Crippen LogP contribution is -2.36. The lowest BCUT2D eigenvalue weighted by molar-refractivity contribution is 0.309. The number of nitrogens with one attached hydrogen (secondary N) is 1. The lowest BCUT2D eigenvalue weighted by Gasteiger charge is -2.21. The Balaban J connectivity index is 2.44. The molecule has 0 spiro atoms. The molecule has 0 fully saturated rings. The molecule has 1 aromatic rings. The number of benzene rings is 1. The van der Waals surface area contributed by atoms with E-state index in [0.717, 1.165) is 29.7 Å². The molecule has 0 aliphatic carbocycles. The molecule has 0 bridgehead atoms. The van der Waals surface area contributed by atoms with Crippen molar-refractivity contribution in [1.29, 1.82) is 0 Å². The first-order valence-corrected chi connectivity index (χ1v) is 6.68. The van der Waals surface area contributed by atoms with Crippen molar-refractivity contribution in [2.24, 2.45) is 0 Å². The van der Waals surface area contributed by atoms with Gasteiger partial charge in [0.1, 0.15) is 5.82 Å². The smallest absolute Gasteiger partial charge is 0.124 e. The predicted molar refractivity (Wildman–Crippen MR) is 73.6 cm³/mol. The zero-order chi connectivity index (χ0) is 12.8. The average Bonchev–Trinajstić information content (AvgIpc) is 2.27. The highest BCUT2D eigenvalue weighted by atomic mass is 79.9. The Labute approximate surface area is 111 Å². The minimum atomic E-state index is -0.209. The molecule has 0 saturated carbocycles. The summed E-state index contributed by atoms with van der Waals surface area (Å²) in [4.78, 5) is 2.26. The Bertz CT molecular complexity index is 357. The van der Waals surface area contributed by atoms with Crippen molar-refractivity contribution >= 4 is 15.9 Å². The van der Waals surface area contributed by atoms with Crippen LogP contribution in [0.5, 0.6) is 0 Å². The molecule has 0 aromatic heterocycles. The molecule has 0 heterocycles. The topological polar surface area (TPSA) is 15.3 Å². The summed E-state index contributed by atoms with van der Waals surface area (Å²) < 4.78 is 13.7. The van der Waals surface area contributed by atoms with Crippen LogP contribution in [0.3, 0.4) is 0 Å². The summed E-state index contributed by atoms with van der Waals surface area (Å²) in [6, 6.07) is 5.21. The number of halogens is 2. The van der Waals surface area contributed by atoms with Crippen LogP contribution in [-0.2, 0) is 6.54 Å². The van der Waals surface area contributed by atoms with Crippen LogP contribution < -0.4 is 5.32 Å². The lowest BCUT2D eigenvalue weighted by atomic mass is 10.2. The SMILES string of the molecule is CCN(C)CC(C)NCc1ccc(F)cc1Br. The van der Waals surface area contributed by atoms with E-state index in [1.807, 2.05) is 6.07 Å². The van der Waals surface area contributed by atoms with Gasteiger partial charge in [-0.25, -0.2) is 4.39 Å². The van der Waals surface area contributed by atoms with Gasteiger partial charge in [-0.3, -0.25) is 0 Å². The van der Waals surface area contributed by atoms with Crippen LogP contribution in [0.2, 0.25) is 0 Å². The maximum absolute atomic E-state index is 12.9. The van der Waals surface area contributed by atoms with Gasteiger partial charge < -0.3 is 10.2 Å². The van der Waals surface area contributed by atoms with Gasteiger partial charge in [-0.2, -0.15) is 0 Å². The summed E-state index contributed by atoms with van der Waals surface area (Å²) in [5, 5.41) is 3.43. The number of likely N-dealkylation sites (N-methyl/N-ethyl adjacent to an activating group) is 1. The maximum atomic E-state index is 12.9. The average molecular weight is 303 g/mol. The molecule has 4 heteroatoms. The van der Waals surface area contributed by atoms with Crippen molar-refractivity contribution in [3.05, 3.63) is 34.1 Å². The Kier molecular flexibility index (Phi) is 6.09. The highest BCUT2D eigenvalue weighted by Gasteiger charge is 2.06. The van der Waals surface area contributed by atoms with Crippen LogP contribution in [0.1, 0.15) is 19.4 Å². The van der Waals surface area contributed by atoms with E-state index in [-0.39, 0.29) is 5.82 Å². The molecule has 17 heavy (non-hydrogen) atoms. The van der Waals surface area contributed by atoms with Gasteiger partial charge in [0.05, 0.1) is 0 Å². The van der Waals surface area contributed by atoms with E-state index < -0.39 is 0 Å². The minimum absolute atomic E-state index is 0.209. The summed E-state index contributed by atoms with van der Waals surface area (Å²) in [6.45, 7) is 7.11. The fourth-order valence-electron chi connectivity index (χ4n) is 1.61. The molecule has 1 atom stereocenters. The van der Waals surface area contributed by atoms with Gasteiger partial charge in [0.2, 0.25) is 0 Å². The van der Waals surface area contributed by atoms with Crippen LogP contribution in [0.4, 0.5) is 4.39 Å². The second-order valence-corrected chi connectivity index (χ2v) is 5.23. The largest absolute Gasteiger partial charge is 0.309 e. The fourth-order valence-corrected chi connectivity index (χ4v) is 2.10. The highest BCUT2D eigenvalue weighted by molar-refractivity contribution is 9.10. The zero-order valence-electron chi connectivity index (χ0n) is 10.6. The van der Waals surface area contributed by atoms with E-state index in [1.165, 1.54) is 12.1 Å². The summed E-state index contributed by atoms with van der Waals surface area (Å²) in [7, 11) is 2.10. The third kappa shape index (κ3) is 5.15. The predicted octanol–water partition coefficient (Wildman–Crippen LogP) is 3.02. The van der Waals surface area contributed by atoms with Crippen molar-refractivity contribution < 1.29 is 4.39 Å². The third-order valence-electron chi connectivity index (χ3n) is 2.78. The standard InChI is InChI=1S/C13H20BrFN2/c1-4-17(3)9-10(2)16-8-11-5-6-12(15)7-13(11)14/h5-7,10,16H,4,8-9H2,1-3H3. The van der Waals surface area contributed by atoms with Gasteiger partial charge in [-0.15, -0.1) is 0 Å². The van der Waals surface area contributed by atoms with E-state index in [1.54, 1.807) is 0 Å². The van der Waals surface area contributed by atoms with Crippen LogP contribution in [0.15, 0.2) is 22.7 Å². The quantitative estimate of drug-likeness (QED) is 0.869. The Morgan fingerprint density at radius 3 is 2.76 bits per heavy atom. The molecule has 96 valence electrons. The second-order valence-electron chi connectivity index (χ2n) is 4.37. The molecule has 1 aromatic carbocycles. The normalized spacial score (nSPS) is 13.1. The van der Waals surface area contributed by atoms with Crippen LogP contribution in [0, 0.1) is 5.82 Å². The summed E-state index contributed by atoms with van der Waals surface area (Å²) >= 11 is 3.37. The number of rotatable bonds is 6. The Morgan fingerprint density at radius 1 is 1.47 bits per heavy atom. The van der Waals surface area contributed by atoms with Crippen molar-refractivity contribution in [2.45, 2.75) is 26.4 Å². The van der Waals surface area contributed by atoms with E-state index in [2.05, 4.69) is 47.0 Å². The van der Waals surface area contributed by atoms with Crippen LogP contribution in [0.25, 0.3) is 0 Å².